The molecule has 0 radical (unpaired) electrons. The number of nitrogens with zero attached hydrogens (tertiary/aromatic N) is 2. The van der Waals surface area contributed by atoms with Crippen molar-refractivity contribution >= 4 is 0 Å². The van der Waals surface area contributed by atoms with E-state index >= 15 is 0 Å². The lowest BCUT2D eigenvalue weighted by Gasteiger charge is -2.22. The Kier molecular flexibility index (Phi) is 5.17. The van der Waals surface area contributed by atoms with Gasteiger partial charge < -0.3 is 15.2 Å². The fraction of sp³-hybridized carbons (Fsp3) is 0.733. The summed E-state index contributed by atoms with van der Waals surface area (Å²) >= 11 is 0. The molecule has 0 amide bonds. The zero-order valence-electron chi connectivity index (χ0n) is 12.6. The largest absolute Gasteiger partial charge is 0.475 e. The van der Waals surface area contributed by atoms with E-state index in [1.165, 1.54) is 12.8 Å². The number of aromatic nitrogens is 2. The molecule has 2 rings (SSSR count). The molecule has 2 unspecified atom stereocenters. The first-order valence-electron chi connectivity index (χ1n) is 7.49. The molecule has 5 nitrogen and oxygen atoms in total. The van der Waals surface area contributed by atoms with Gasteiger partial charge in [0.25, 0.3) is 0 Å². The van der Waals surface area contributed by atoms with Gasteiger partial charge in [-0.05, 0) is 40.0 Å². The third kappa shape index (κ3) is 4.34. The number of aryl methyl sites for hydroxylation is 1. The highest BCUT2D eigenvalue weighted by Crippen LogP contribution is 2.22. The molecule has 112 valence electrons. The van der Waals surface area contributed by atoms with E-state index in [4.69, 9.17) is 15.2 Å². The van der Waals surface area contributed by atoms with Crippen LogP contribution in [0.3, 0.4) is 0 Å². The number of hydrogen-bond acceptors (Lipinski definition) is 5. The first-order chi connectivity index (χ1) is 9.54. The van der Waals surface area contributed by atoms with Gasteiger partial charge in [0.05, 0.1) is 6.10 Å². The maximum atomic E-state index is 6.17. The van der Waals surface area contributed by atoms with E-state index in [1.807, 2.05) is 26.8 Å². The lowest BCUT2D eigenvalue weighted by molar-refractivity contribution is 0.144. The Morgan fingerprint density at radius 3 is 2.70 bits per heavy atom. The first-order valence-corrected chi connectivity index (χ1v) is 7.49. The minimum Gasteiger partial charge on any atom is -0.475 e. The number of hydrogen-bond donors (Lipinski definition) is 1. The molecule has 0 spiro atoms. The Hall–Kier alpha value is -1.36. The number of ether oxygens (including phenoxy) is 2. The second-order valence-electron chi connectivity index (χ2n) is 5.75. The molecule has 1 aromatic heterocycles. The summed E-state index contributed by atoms with van der Waals surface area (Å²) in [4.78, 5) is 8.65. The molecule has 1 aliphatic rings. The summed E-state index contributed by atoms with van der Waals surface area (Å²) in [6.45, 7) is 5.85. The van der Waals surface area contributed by atoms with Crippen LogP contribution in [0.15, 0.2) is 6.07 Å². The van der Waals surface area contributed by atoms with Crippen LogP contribution >= 0.6 is 0 Å². The highest BCUT2D eigenvalue weighted by atomic mass is 16.5. The summed E-state index contributed by atoms with van der Waals surface area (Å²) in [5, 5.41) is 0. The summed E-state index contributed by atoms with van der Waals surface area (Å²) < 4.78 is 11.5. The summed E-state index contributed by atoms with van der Waals surface area (Å²) in [6.07, 6.45) is 5.62. The van der Waals surface area contributed by atoms with Crippen LogP contribution in [-0.4, -0.2) is 28.2 Å². The van der Waals surface area contributed by atoms with Crippen molar-refractivity contribution in [2.24, 2.45) is 5.73 Å². The van der Waals surface area contributed by atoms with Gasteiger partial charge in [-0.1, -0.05) is 12.8 Å². The van der Waals surface area contributed by atoms with Crippen LogP contribution in [0.25, 0.3) is 0 Å². The van der Waals surface area contributed by atoms with E-state index in [0.717, 1.165) is 25.0 Å². The van der Waals surface area contributed by atoms with Crippen molar-refractivity contribution in [3.8, 4) is 11.9 Å². The molecule has 5 heteroatoms. The molecule has 0 saturated heterocycles. The van der Waals surface area contributed by atoms with Crippen LogP contribution in [0.2, 0.25) is 0 Å². The standard InChI is InChI=1S/C15H25N3O2/c1-10(2)19-14-9-11(3)17-15(18-14)20-13-8-6-4-5-7-12(13)16/h9-10,12-13H,4-8,16H2,1-3H3. The maximum absolute atomic E-state index is 6.17. The van der Waals surface area contributed by atoms with Crippen molar-refractivity contribution in [3.63, 3.8) is 0 Å². The van der Waals surface area contributed by atoms with Gasteiger partial charge in [-0.15, -0.1) is 0 Å². The molecule has 0 aliphatic heterocycles. The maximum Gasteiger partial charge on any atom is 0.320 e. The van der Waals surface area contributed by atoms with Crippen molar-refractivity contribution in [1.29, 1.82) is 0 Å². The molecule has 1 heterocycles. The third-order valence-electron chi connectivity index (χ3n) is 3.43. The Bertz CT molecular complexity index is 437. The SMILES string of the molecule is Cc1cc(OC(C)C)nc(OC2CCCCCC2N)n1. The predicted octanol–water partition coefficient (Wildman–Crippen LogP) is 2.61. The molecule has 2 N–H and O–H groups in total. The molecule has 2 atom stereocenters. The van der Waals surface area contributed by atoms with Crippen LogP contribution in [0.4, 0.5) is 0 Å². The van der Waals surface area contributed by atoms with Gasteiger partial charge in [-0.25, -0.2) is 4.98 Å². The molecule has 0 aromatic carbocycles. The molecule has 1 aromatic rings. The first kappa shape index (κ1) is 15.0. The second kappa shape index (κ2) is 6.88. The van der Waals surface area contributed by atoms with Crippen LogP contribution in [-0.2, 0) is 0 Å². The monoisotopic (exact) mass is 279 g/mol. The predicted molar refractivity (Wildman–Crippen MR) is 78.0 cm³/mol. The van der Waals surface area contributed by atoms with E-state index < -0.39 is 0 Å². The third-order valence-corrected chi connectivity index (χ3v) is 3.43. The Labute approximate surface area is 120 Å². The van der Waals surface area contributed by atoms with Crippen LogP contribution < -0.4 is 15.2 Å². The smallest absolute Gasteiger partial charge is 0.320 e. The summed E-state index contributed by atoms with van der Waals surface area (Å²) in [5.41, 5.74) is 7.01. The van der Waals surface area contributed by atoms with Crippen molar-refractivity contribution < 1.29 is 9.47 Å². The topological polar surface area (TPSA) is 70.3 Å². The van der Waals surface area contributed by atoms with Crippen LogP contribution in [0.5, 0.6) is 11.9 Å². The van der Waals surface area contributed by atoms with Crippen molar-refractivity contribution in [2.75, 3.05) is 0 Å². The van der Waals surface area contributed by atoms with Gasteiger partial charge in [0, 0.05) is 17.8 Å². The lowest BCUT2D eigenvalue weighted by atomic mass is 10.1. The fourth-order valence-corrected chi connectivity index (χ4v) is 2.45. The quantitative estimate of drug-likeness (QED) is 0.858. The normalized spacial score (nSPS) is 23.4. The molecule has 1 aliphatic carbocycles. The highest BCUT2D eigenvalue weighted by Gasteiger charge is 2.23. The van der Waals surface area contributed by atoms with E-state index in [0.29, 0.717) is 11.9 Å². The minimum atomic E-state index is 0.00574. The van der Waals surface area contributed by atoms with Gasteiger partial charge in [0.1, 0.15) is 6.10 Å². The van der Waals surface area contributed by atoms with E-state index in [-0.39, 0.29) is 18.2 Å². The molecule has 1 saturated carbocycles. The van der Waals surface area contributed by atoms with Crippen molar-refractivity contribution in [3.05, 3.63) is 11.8 Å². The van der Waals surface area contributed by atoms with E-state index in [9.17, 15) is 0 Å². The van der Waals surface area contributed by atoms with Crippen LogP contribution in [0.1, 0.15) is 51.6 Å². The fourth-order valence-electron chi connectivity index (χ4n) is 2.45. The van der Waals surface area contributed by atoms with Gasteiger partial charge in [0.15, 0.2) is 0 Å². The number of nitrogens with two attached hydrogens (primary N) is 1. The van der Waals surface area contributed by atoms with Crippen LogP contribution in [0, 0.1) is 6.92 Å². The molecule has 0 bridgehead atoms. The minimum absolute atomic E-state index is 0.00574. The number of rotatable bonds is 4. The zero-order valence-corrected chi connectivity index (χ0v) is 12.6. The van der Waals surface area contributed by atoms with Crippen molar-refractivity contribution in [2.45, 2.75) is 71.1 Å². The molecule has 20 heavy (non-hydrogen) atoms. The Morgan fingerprint density at radius 1 is 1.20 bits per heavy atom. The summed E-state index contributed by atoms with van der Waals surface area (Å²) in [5.74, 6) is 0.560. The molecular formula is C15H25N3O2. The van der Waals surface area contributed by atoms with Gasteiger partial charge in [-0.2, -0.15) is 4.98 Å². The van der Waals surface area contributed by atoms with Crippen molar-refractivity contribution in [1.82, 2.24) is 9.97 Å². The summed E-state index contributed by atoms with van der Waals surface area (Å²) in [7, 11) is 0. The molecular weight excluding hydrogens is 254 g/mol. The average Bonchev–Trinajstić information content (AvgIpc) is 2.53. The lowest BCUT2D eigenvalue weighted by Crippen LogP contribution is -2.38. The van der Waals surface area contributed by atoms with Gasteiger partial charge in [-0.3, -0.25) is 0 Å². The zero-order chi connectivity index (χ0) is 14.5. The van der Waals surface area contributed by atoms with E-state index in [1.54, 1.807) is 0 Å². The average molecular weight is 279 g/mol. The Balaban J connectivity index is 2.09. The Morgan fingerprint density at radius 2 is 1.95 bits per heavy atom. The second-order valence-corrected chi connectivity index (χ2v) is 5.75. The summed E-state index contributed by atoms with van der Waals surface area (Å²) in [6, 6.07) is 2.26. The van der Waals surface area contributed by atoms with Gasteiger partial charge in [0.2, 0.25) is 5.88 Å². The van der Waals surface area contributed by atoms with E-state index in [2.05, 4.69) is 9.97 Å². The van der Waals surface area contributed by atoms with Gasteiger partial charge >= 0.3 is 6.01 Å². The molecule has 1 fully saturated rings. The highest BCUT2D eigenvalue weighted by molar-refractivity contribution is 5.18.